The molecule has 4 heteroatoms. The van der Waals surface area contributed by atoms with Crippen molar-refractivity contribution in [3.63, 3.8) is 0 Å². The zero-order chi connectivity index (χ0) is 12.2. The number of guanidine groups is 1. The summed E-state index contributed by atoms with van der Waals surface area (Å²) in [5.74, 6) is 0.917. The molecule has 0 radical (unpaired) electrons. The number of rotatable bonds is 8. The molecule has 0 amide bonds. The second-order valence-corrected chi connectivity index (χ2v) is 3.81. The van der Waals surface area contributed by atoms with E-state index in [0.717, 1.165) is 38.7 Å². The van der Waals surface area contributed by atoms with Gasteiger partial charge < -0.3 is 15.5 Å². The third kappa shape index (κ3) is 7.51. The van der Waals surface area contributed by atoms with Crippen LogP contribution < -0.4 is 10.6 Å². The van der Waals surface area contributed by atoms with E-state index in [1.54, 1.807) is 0 Å². The molecule has 0 saturated carbocycles. The number of nitrogens with one attached hydrogen (secondary N) is 2. The van der Waals surface area contributed by atoms with Crippen LogP contribution in [0, 0.1) is 0 Å². The van der Waals surface area contributed by atoms with Crippen LogP contribution in [0.2, 0.25) is 0 Å². The van der Waals surface area contributed by atoms with E-state index in [9.17, 15) is 0 Å². The average Bonchev–Trinajstić information content (AvgIpc) is 2.32. The first-order valence-electron chi connectivity index (χ1n) is 6.45. The van der Waals surface area contributed by atoms with E-state index >= 15 is 0 Å². The molecule has 0 spiro atoms. The van der Waals surface area contributed by atoms with Crippen molar-refractivity contribution < 1.29 is 0 Å². The highest BCUT2D eigenvalue weighted by Gasteiger charge is 1.99. The average molecular weight is 228 g/mol. The molecule has 96 valence electrons. The van der Waals surface area contributed by atoms with E-state index in [2.05, 4.69) is 41.3 Å². The summed E-state index contributed by atoms with van der Waals surface area (Å²) in [7, 11) is 1.82. The molecular formula is C12H28N4. The molecule has 0 aromatic carbocycles. The topological polar surface area (TPSA) is 39.7 Å². The molecule has 0 atom stereocenters. The van der Waals surface area contributed by atoms with Gasteiger partial charge in [-0.1, -0.05) is 27.2 Å². The minimum absolute atomic E-state index is 0.917. The minimum atomic E-state index is 0.917. The van der Waals surface area contributed by atoms with Gasteiger partial charge >= 0.3 is 0 Å². The molecule has 0 aliphatic rings. The van der Waals surface area contributed by atoms with Crippen LogP contribution in [-0.4, -0.2) is 50.6 Å². The van der Waals surface area contributed by atoms with Gasteiger partial charge in [0.1, 0.15) is 0 Å². The zero-order valence-electron chi connectivity index (χ0n) is 11.3. The van der Waals surface area contributed by atoms with E-state index in [0.29, 0.717) is 0 Å². The Bertz CT molecular complexity index is 176. The van der Waals surface area contributed by atoms with Gasteiger partial charge in [0.2, 0.25) is 0 Å². The lowest BCUT2D eigenvalue weighted by Crippen LogP contribution is -2.41. The molecule has 16 heavy (non-hydrogen) atoms. The third-order valence-electron chi connectivity index (χ3n) is 2.66. The SMILES string of the molecule is CCCCNC(=NC)NCCN(CC)CC. The Labute approximate surface area is 101 Å². The number of aliphatic imine (C=N–C) groups is 1. The highest BCUT2D eigenvalue weighted by Crippen LogP contribution is 1.85. The number of likely N-dealkylation sites (N-methyl/N-ethyl adjacent to an activating group) is 1. The number of unbranched alkanes of at least 4 members (excludes halogenated alkanes) is 1. The van der Waals surface area contributed by atoms with E-state index in [1.807, 2.05) is 7.05 Å². The predicted molar refractivity (Wildman–Crippen MR) is 72.1 cm³/mol. The van der Waals surface area contributed by atoms with Crippen molar-refractivity contribution in [2.24, 2.45) is 4.99 Å². The highest BCUT2D eigenvalue weighted by atomic mass is 15.2. The van der Waals surface area contributed by atoms with Crippen LogP contribution in [0.4, 0.5) is 0 Å². The summed E-state index contributed by atoms with van der Waals surface area (Å²) in [6.07, 6.45) is 2.40. The smallest absolute Gasteiger partial charge is 0.191 e. The normalized spacial score (nSPS) is 11.9. The molecule has 0 heterocycles. The Morgan fingerprint density at radius 2 is 1.69 bits per heavy atom. The summed E-state index contributed by atoms with van der Waals surface area (Å²) in [4.78, 5) is 6.58. The van der Waals surface area contributed by atoms with Crippen molar-refractivity contribution in [1.82, 2.24) is 15.5 Å². The van der Waals surface area contributed by atoms with Crippen LogP contribution in [0.25, 0.3) is 0 Å². The molecule has 0 aromatic heterocycles. The van der Waals surface area contributed by atoms with Crippen molar-refractivity contribution >= 4 is 5.96 Å². The molecule has 2 N–H and O–H groups in total. The Hall–Kier alpha value is -0.770. The predicted octanol–water partition coefficient (Wildman–Crippen LogP) is 1.29. The summed E-state index contributed by atoms with van der Waals surface area (Å²) in [5, 5.41) is 6.63. The highest BCUT2D eigenvalue weighted by molar-refractivity contribution is 5.79. The van der Waals surface area contributed by atoms with Crippen LogP contribution in [0.3, 0.4) is 0 Å². The maximum atomic E-state index is 4.18. The summed E-state index contributed by atoms with van der Waals surface area (Å²) in [6, 6.07) is 0. The van der Waals surface area contributed by atoms with Gasteiger partial charge in [0.05, 0.1) is 0 Å². The summed E-state index contributed by atoms with van der Waals surface area (Å²) in [5.41, 5.74) is 0. The lowest BCUT2D eigenvalue weighted by molar-refractivity contribution is 0.308. The van der Waals surface area contributed by atoms with Gasteiger partial charge in [0.15, 0.2) is 5.96 Å². The fraction of sp³-hybridized carbons (Fsp3) is 0.917. The van der Waals surface area contributed by atoms with Gasteiger partial charge in [-0.3, -0.25) is 4.99 Å². The maximum Gasteiger partial charge on any atom is 0.191 e. The standard InChI is InChI=1S/C12H28N4/c1-5-8-9-14-12(13-4)15-10-11-16(6-2)7-3/h5-11H2,1-4H3,(H2,13,14,15). The second kappa shape index (κ2) is 10.7. The molecule has 0 saturated heterocycles. The Kier molecular flexibility index (Phi) is 10.2. The van der Waals surface area contributed by atoms with Gasteiger partial charge in [-0.25, -0.2) is 0 Å². The lowest BCUT2D eigenvalue weighted by atomic mass is 10.3. The van der Waals surface area contributed by atoms with E-state index in [1.165, 1.54) is 12.8 Å². The molecule has 0 aliphatic carbocycles. The largest absolute Gasteiger partial charge is 0.356 e. The van der Waals surface area contributed by atoms with Crippen LogP contribution in [0.15, 0.2) is 4.99 Å². The third-order valence-corrected chi connectivity index (χ3v) is 2.66. The zero-order valence-corrected chi connectivity index (χ0v) is 11.3. The molecular weight excluding hydrogens is 200 g/mol. The molecule has 0 aliphatic heterocycles. The Balaban J connectivity index is 3.63. The monoisotopic (exact) mass is 228 g/mol. The maximum absolute atomic E-state index is 4.18. The van der Waals surface area contributed by atoms with Gasteiger partial charge in [-0.15, -0.1) is 0 Å². The Morgan fingerprint density at radius 3 is 2.19 bits per heavy atom. The fourth-order valence-electron chi connectivity index (χ4n) is 1.48. The number of hydrogen-bond donors (Lipinski definition) is 2. The van der Waals surface area contributed by atoms with Crippen molar-refractivity contribution in [3.8, 4) is 0 Å². The fourth-order valence-corrected chi connectivity index (χ4v) is 1.48. The van der Waals surface area contributed by atoms with Crippen molar-refractivity contribution in [1.29, 1.82) is 0 Å². The van der Waals surface area contributed by atoms with Gasteiger partial charge in [-0.2, -0.15) is 0 Å². The lowest BCUT2D eigenvalue weighted by Gasteiger charge is -2.19. The summed E-state index contributed by atoms with van der Waals surface area (Å²) >= 11 is 0. The molecule has 0 fully saturated rings. The van der Waals surface area contributed by atoms with Crippen LogP contribution >= 0.6 is 0 Å². The first-order valence-corrected chi connectivity index (χ1v) is 6.45. The Morgan fingerprint density at radius 1 is 1.06 bits per heavy atom. The van der Waals surface area contributed by atoms with Crippen LogP contribution in [-0.2, 0) is 0 Å². The first-order chi connectivity index (χ1) is 7.78. The van der Waals surface area contributed by atoms with E-state index in [-0.39, 0.29) is 0 Å². The van der Waals surface area contributed by atoms with Crippen LogP contribution in [0.5, 0.6) is 0 Å². The van der Waals surface area contributed by atoms with Crippen molar-refractivity contribution in [3.05, 3.63) is 0 Å². The van der Waals surface area contributed by atoms with Gasteiger partial charge in [-0.05, 0) is 19.5 Å². The quantitative estimate of drug-likeness (QED) is 0.374. The molecule has 4 nitrogen and oxygen atoms in total. The van der Waals surface area contributed by atoms with Crippen molar-refractivity contribution in [2.45, 2.75) is 33.6 Å². The van der Waals surface area contributed by atoms with Crippen molar-refractivity contribution in [2.75, 3.05) is 39.8 Å². The molecule has 0 rings (SSSR count). The number of nitrogens with zero attached hydrogens (tertiary/aromatic N) is 2. The number of hydrogen-bond acceptors (Lipinski definition) is 2. The minimum Gasteiger partial charge on any atom is -0.356 e. The molecule has 0 aromatic rings. The van der Waals surface area contributed by atoms with Gasteiger partial charge in [0, 0.05) is 26.7 Å². The van der Waals surface area contributed by atoms with E-state index < -0.39 is 0 Å². The molecule has 0 unspecified atom stereocenters. The van der Waals surface area contributed by atoms with E-state index in [4.69, 9.17) is 0 Å². The summed E-state index contributed by atoms with van der Waals surface area (Å²) < 4.78 is 0. The van der Waals surface area contributed by atoms with Crippen LogP contribution in [0.1, 0.15) is 33.6 Å². The van der Waals surface area contributed by atoms with Gasteiger partial charge in [0.25, 0.3) is 0 Å². The molecule has 0 bridgehead atoms. The summed E-state index contributed by atoms with van der Waals surface area (Å²) in [6.45, 7) is 11.8. The first kappa shape index (κ1) is 15.2. The second-order valence-electron chi connectivity index (χ2n) is 3.81.